The maximum atomic E-state index is 5.36. The minimum atomic E-state index is 0.944. The fraction of sp³-hybridized carbons (Fsp3) is 0.0339. The third-order valence-corrected chi connectivity index (χ3v) is 12.1. The van der Waals surface area contributed by atoms with Gasteiger partial charge in [0.05, 0.1) is 11.0 Å². The first-order valence-corrected chi connectivity index (χ1v) is 21.3. The topological polar surface area (TPSA) is 17.8 Å². The van der Waals surface area contributed by atoms with Gasteiger partial charge in [0.25, 0.3) is 0 Å². The predicted octanol–water partition coefficient (Wildman–Crippen LogP) is 16.5. The first-order chi connectivity index (χ1) is 30.3. The Balaban J connectivity index is 0.00000207. The van der Waals surface area contributed by atoms with Crippen molar-refractivity contribution in [2.75, 3.05) is 0 Å². The molecule has 0 saturated carbocycles. The van der Waals surface area contributed by atoms with Crippen LogP contribution in [0.3, 0.4) is 0 Å². The number of hydrogen-bond acceptors (Lipinski definition) is 1. The molecule has 2 heteroatoms. The summed E-state index contributed by atoms with van der Waals surface area (Å²) in [6, 6.07) is 79.4. The van der Waals surface area contributed by atoms with E-state index in [1.165, 1.54) is 87.2 Å². The Bertz CT molecular complexity index is 3490. The summed E-state index contributed by atoms with van der Waals surface area (Å²) in [5.74, 6) is 0.944. The predicted molar refractivity (Wildman–Crippen MR) is 262 cm³/mol. The molecule has 0 bridgehead atoms. The van der Waals surface area contributed by atoms with Gasteiger partial charge in [-0.15, -0.1) is 0 Å². The Morgan fingerprint density at radius 2 is 0.672 bits per heavy atom. The smallest absolute Gasteiger partial charge is 0.146 e. The molecule has 2 nitrogen and oxygen atoms in total. The van der Waals surface area contributed by atoms with Crippen LogP contribution in [-0.2, 0) is 0 Å². The fourth-order valence-electron chi connectivity index (χ4n) is 9.62. The van der Waals surface area contributed by atoms with Crippen LogP contribution in [0.5, 0.6) is 0 Å². The minimum absolute atomic E-state index is 0.944. The van der Waals surface area contributed by atoms with Gasteiger partial charge in [0.1, 0.15) is 5.82 Å². The number of fused-ring (bicyclic) bond motifs is 6. The van der Waals surface area contributed by atoms with E-state index in [0.29, 0.717) is 0 Å². The second kappa shape index (κ2) is 15.1. The quantitative estimate of drug-likeness (QED) is 0.159. The highest BCUT2D eigenvalue weighted by Gasteiger charge is 2.23. The van der Waals surface area contributed by atoms with Crippen molar-refractivity contribution in [1.82, 2.24) is 9.55 Å². The molecule has 1 aromatic heterocycles. The van der Waals surface area contributed by atoms with Crippen molar-refractivity contribution in [3.63, 3.8) is 0 Å². The maximum Gasteiger partial charge on any atom is 0.146 e. The summed E-state index contributed by atoms with van der Waals surface area (Å²) < 4.78 is 2.32. The molecule has 0 unspecified atom stereocenters. The molecule has 0 aliphatic rings. The molecule has 11 aromatic carbocycles. The third kappa shape index (κ3) is 5.91. The van der Waals surface area contributed by atoms with Crippen LogP contribution in [0.4, 0.5) is 0 Å². The average molecular weight is 779 g/mol. The average Bonchev–Trinajstić information content (AvgIpc) is 3.72. The number of rotatable bonds is 5. The highest BCUT2D eigenvalue weighted by Crippen LogP contribution is 2.47. The van der Waals surface area contributed by atoms with Crippen LogP contribution in [0.1, 0.15) is 13.8 Å². The van der Waals surface area contributed by atoms with E-state index in [1.54, 1.807) is 0 Å². The van der Waals surface area contributed by atoms with E-state index in [2.05, 4.69) is 223 Å². The molecule has 12 rings (SSSR count). The fourth-order valence-corrected chi connectivity index (χ4v) is 9.62. The highest BCUT2D eigenvalue weighted by molar-refractivity contribution is 6.23. The molecule has 1 heterocycles. The van der Waals surface area contributed by atoms with Crippen LogP contribution < -0.4 is 0 Å². The lowest BCUT2D eigenvalue weighted by molar-refractivity contribution is 1.11. The zero-order valence-corrected chi connectivity index (χ0v) is 34.2. The molecule has 0 spiro atoms. The molecule has 0 N–H and O–H groups in total. The van der Waals surface area contributed by atoms with Gasteiger partial charge in [-0.3, -0.25) is 4.57 Å². The summed E-state index contributed by atoms with van der Waals surface area (Å²) in [5.41, 5.74) is 11.8. The Hall–Kier alpha value is -7.81. The van der Waals surface area contributed by atoms with Gasteiger partial charge in [-0.2, -0.15) is 0 Å². The number of hydrogen-bond donors (Lipinski definition) is 0. The van der Waals surface area contributed by atoms with Crippen LogP contribution in [0, 0.1) is 0 Å². The van der Waals surface area contributed by atoms with Crippen molar-refractivity contribution >= 4 is 64.9 Å². The van der Waals surface area contributed by atoms with E-state index >= 15 is 0 Å². The van der Waals surface area contributed by atoms with Gasteiger partial charge in [0.2, 0.25) is 0 Å². The zero-order chi connectivity index (χ0) is 40.9. The molecule has 0 saturated heterocycles. The van der Waals surface area contributed by atoms with E-state index in [0.717, 1.165) is 28.1 Å². The van der Waals surface area contributed by atoms with Crippen molar-refractivity contribution in [3.05, 3.63) is 218 Å². The number of aromatic nitrogens is 2. The molecule has 288 valence electrons. The Labute approximate surface area is 355 Å². The van der Waals surface area contributed by atoms with Gasteiger partial charge in [0.15, 0.2) is 0 Å². The summed E-state index contributed by atoms with van der Waals surface area (Å²) >= 11 is 0. The summed E-state index contributed by atoms with van der Waals surface area (Å²) in [7, 11) is 0. The lowest BCUT2D eigenvalue weighted by Crippen LogP contribution is -1.99. The molecule has 0 aliphatic carbocycles. The molecule has 0 atom stereocenters. The molecular formula is C59H42N2. The second-order valence-corrected chi connectivity index (χ2v) is 15.4. The molecule has 0 amide bonds. The second-order valence-electron chi connectivity index (χ2n) is 15.4. The largest absolute Gasteiger partial charge is 0.292 e. The van der Waals surface area contributed by atoms with Gasteiger partial charge in [-0.25, -0.2) is 4.98 Å². The Morgan fingerprint density at radius 3 is 1.13 bits per heavy atom. The molecule has 12 aromatic rings. The van der Waals surface area contributed by atoms with Gasteiger partial charge < -0.3 is 0 Å². The summed E-state index contributed by atoms with van der Waals surface area (Å²) in [6.07, 6.45) is 0. The van der Waals surface area contributed by atoms with Crippen LogP contribution in [0.2, 0.25) is 0 Å². The summed E-state index contributed by atoms with van der Waals surface area (Å²) in [5, 5.41) is 12.3. The third-order valence-electron chi connectivity index (χ3n) is 12.1. The van der Waals surface area contributed by atoms with Crippen molar-refractivity contribution in [1.29, 1.82) is 0 Å². The van der Waals surface area contributed by atoms with Crippen LogP contribution in [-0.4, -0.2) is 9.55 Å². The molecule has 0 aliphatic heterocycles. The van der Waals surface area contributed by atoms with Gasteiger partial charge in [-0.1, -0.05) is 196 Å². The van der Waals surface area contributed by atoms with Gasteiger partial charge in [-0.05, 0) is 124 Å². The minimum Gasteiger partial charge on any atom is -0.292 e. The van der Waals surface area contributed by atoms with E-state index in [1.807, 2.05) is 13.8 Å². The number of para-hydroxylation sites is 3. The van der Waals surface area contributed by atoms with Crippen molar-refractivity contribution in [2.45, 2.75) is 13.8 Å². The van der Waals surface area contributed by atoms with Gasteiger partial charge in [0, 0.05) is 11.3 Å². The molecule has 61 heavy (non-hydrogen) atoms. The van der Waals surface area contributed by atoms with Crippen LogP contribution >= 0.6 is 0 Å². The lowest BCUT2D eigenvalue weighted by atomic mass is 9.85. The van der Waals surface area contributed by atoms with Crippen molar-refractivity contribution in [3.8, 4) is 50.5 Å². The number of benzene rings is 11. The molecule has 0 radical (unpaired) electrons. The first kappa shape index (κ1) is 36.3. The standard InChI is InChI=1S/C57H36N2.C2H6/c1-3-17-37(18-4-1)53-43-21-7-9-23-45(43)54(46-24-10-8-22-44(46)53)40-33-31-39-36-41(34-32-38(39)35-40)55-47-25-11-13-27-49(47)56(50-28-14-12-26-48(50)55)57-58-51-29-15-16-30-52(51)59(57)42-19-5-2-6-20-42;1-2/h1-36H;1-2H3. The van der Waals surface area contributed by atoms with Crippen molar-refractivity contribution < 1.29 is 0 Å². The monoisotopic (exact) mass is 778 g/mol. The Kier molecular flexibility index (Phi) is 8.98. The maximum absolute atomic E-state index is 5.36. The number of imidazole rings is 1. The summed E-state index contributed by atoms with van der Waals surface area (Å²) in [6.45, 7) is 4.00. The van der Waals surface area contributed by atoms with Crippen LogP contribution in [0.15, 0.2) is 218 Å². The summed E-state index contributed by atoms with van der Waals surface area (Å²) in [4.78, 5) is 5.36. The first-order valence-electron chi connectivity index (χ1n) is 21.3. The van der Waals surface area contributed by atoms with Crippen molar-refractivity contribution in [2.24, 2.45) is 0 Å². The van der Waals surface area contributed by atoms with Gasteiger partial charge >= 0.3 is 0 Å². The van der Waals surface area contributed by atoms with E-state index in [9.17, 15) is 0 Å². The van der Waals surface area contributed by atoms with Crippen LogP contribution in [0.25, 0.3) is 115 Å². The number of nitrogens with zero attached hydrogens (tertiary/aromatic N) is 2. The molecular weight excluding hydrogens is 737 g/mol. The van der Waals surface area contributed by atoms with E-state index in [-0.39, 0.29) is 0 Å². The molecule has 0 fully saturated rings. The highest BCUT2D eigenvalue weighted by atomic mass is 15.1. The normalized spacial score (nSPS) is 11.4. The SMILES string of the molecule is CC.c1ccc(-c2c3ccccc3c(-c3ccc4cc(-c5c6ccccc6c(-c6nc7ccccc7n6-c6ccccc6)c6ccccc56)ccc4c3)c3ccccc23)cc1. The lowest BCUT2D eigenvalue weighted by Gasteiger charge is -2.19. The Morgan fingerprint density at radius 1 is 0.311 bits per heavy atom. The zero-order valence-electron chi connectivity index (χ0n) is 34.2. The van der Waals surface area contributed by atoms with E-state index in [4.69, 9.17) is 4.98 Å². The van der Waals surface area contributed by atoms with E-state index < -0.39 is 0 Å².